The number of phenolic OH excluding ortho intramolecular Hbond substituents is 1. The van der Waals surface area contributed by atoms with Crippen molar-refractivity contribution in [2.24, 2.45) is 0 Å². The van der Waals surface area contributed by atoms with Crippen molar-refractivity contribution in [2.45, 2.75) is 19.9 Å². The van der Waals surface area contributed by atoms with Crippen molar-refractivity contribution in [2.75, 3.05) is 7.05 Å². The molecular formula is C12H16FNO. The van der Waals surface area contributed by atoms with Crippen LogP contribution in [0.1, 0.15) is 19.4 Å². The summed E-state index contributed by atoms with van der Waals surface area (Å²) >= 11 is 0. The minimum atomic E-state index is -0.589. The van der Waals surface area contributed by atoms with Crippen molar-refractivity contribution >= 4 is 6.08 Å². The highest BCUT2D eigenvalue weighted by Gasteiger charge is 2.03. The number of rotatable bonds is 3. The van der Waals surface area contributed by atoms with Crippen LogP contribution in [0.4, 0.5) is 4.39 Å². The van der Waals surface area contributed by atoms with Crippen LogP contribution >= 0.6 is 0 Å². The van der Waals surface area contributed by atoms with Gasteiger partial charge in [-0.05, 0) is 38.6 Å². The van der Waals surface area contributed by atoms with Crippen LogP contribution in [0.25, 0.3) is 6.08 Å². The van der Waals surface area contributed by atoms with Crippen molar-refractivity contribution in [1.29, 1.82) is 0 Å². The lowest BCUT2D eigenvalue weighted by Gasteiger charge is -2.10. The largest absolute Gasteiger partial charge is 0.505 e. The average Bonchev–Trinajstić information content (AvgIpc) is 2.22. The first kappa shape index (κ1) is 11.7. The lowest BCUT2D eigenvalue weighted by atomic mass is 10.1. The first-order chi connectivity index (χ1) is 7.04. The molecule has 0 aliphatic carbocycles. The van der Waals surface area contributed by atoms with Gasteiger partial charge >= 0.3 is 0 Å². The number of halogens is 1. The van der Waals surface area contributed by atoms with Crippen LogP contribution in [0.3, 0.4) is 0 Å². The van der Waals surface area contributed by atoms with Gasteiger partial charge < -0.3 is 10.4 Å². The SMILES string of the molecule is CNC(C)/C(C)=C/c1ccc(O)c(F)c1. The molecule has 0 bridgehead atoms. The van der Waals surface area contributed by atoms with E-state index in [2.05, 4.69) is 5.32 Å². The first-order valence-electron chi connectivity index (χ1n) is 4.88. The second-order valence-corrected chi connectivity index (χ2v) is 3.61. The van der Waals surface area contributed by atoms with Crippen molar-refractivity contribution in [3.63, 3.8) is 0 Å². The van der Waals surface area contributed by atoms with Crippen molar-refractivity contribution < 1.29 is 9.50 Å². The summed E-state index contributed by atoms with van der Waals surface area (Å²) in [6, 6.07) is 4.62. The molecule has 0 amide bonds. The molecule has 2 nitrogen and oxygen atoms in total. The van der Waals surface area contributed by atoms with E-state index in [1.807, 2.05) is 27.0 Å². The Morgan fingerprint density at radius 1 is 1.53 bits per heavy atom. The summed E-state index contributed by atoms with van der Waals surface area (Å²) in [4.78, 5) is 0. The van der Waals surface area contributed by atoms with Gasteiger partial charge in [0.1, 0.15) is 0 Å². The normalized spacial score (nSPS) is 14.0. The number of hydrogen-bond acceptors (Lipinski definition) is 2. The molecule has 2 N–H and O–H groups in total. The zero-order chi connectivity index (χ0) is 11.4. The van der Waals surface area contributed by atoms with Gasteiger partial charge in [-0.3, -0.25) is 0 Å². The fourth-order valence-electron chi connectivity index (χ4n) is 1.23. The van der Waals surface area contributed by atoms with E-state index in [0.29, 0.717) is 0 Å². The predicted octanol–water partition coefficient (Wildman–Crippen LogP) is 2.54. The molecule has 0 saturated heterocycles. The van der Waals surface area contributed by atoms with Crippen LogP contribution in [-0.4, -0.2) is 18.2 Å². The van der Waals surface area contributed by atoms with Crippen molar-refractivity contribution in [1.82, 2.24) is 5.32 Å². The van der Waals surface area contributed by atoms with Gasteiger partial charge in [-0.2, -0.15) is 0 Å². The summed E-state index contributed by atoms with van der Waals surface area (Å²) in [7, 11) is 1.87. The van der Waals surface area contributed by atoms with E-state index in [4.69, 9.17) is 5.11 Å². The highest BCUT2D eigenvalue weighted by atomic mass is 19.1. The molecule has 0 aromatic heterocycles. The summed E-state index contributed by atoms with van der Waals surface area (Å²) in [5.41, 5.74) is 1.87. The van der Waals surface area contributed by atoms with Gasteiger partial charge in [0.2, 0.25) is 0 Å². The van der Waals surface area contributed by atoms with E-state index >= 15 is 0 Å². The maximum Gasteiger partial charge on any atom is 0.165 e. The maximum atomic E-state index is 13.0. The Morgan fingerprint density at radius 2 is 2.20 bits per heavy atom. The lowest BCUT2D eigenvalue weighted by molar-refractivity contribution is 0.432. The van der Waals surface area contributed by atoms with Crippen molar-refractivity contribution in [3.05, 3.63) is 35.2 Å². The van der Waals surface area contributed by atoms with Gasteiger partial charge in [0.05, 0.1) is 0 Å². The topological polar surface area (TPSA) is 32.3 Å². The zero-order valence-corrected chi connectivity index (χ0v) is 9.21. The monoisotopic (exact) mass is 209 g/mol. The molecular weight excluding hydrogens is 193 g/mol. The number of aromatic hydroxyl groups is 1. The van der Waals surface area contributed by atoms with Gasteiger partial charge in [0.15, 0.2) is 11.6 Å². The number of likely N-dealkylation sites (N-methyl/N-ethyl adjacent to an activating group) is 1. The van der Waals surface area contributed by atoms with Crippen LogP contribution in [0, 0.1) is 5.82 Å². The molecule has 3 heteroatoms. The Kier molecular flexibility index (Phi) is 3.86. The van der Waals surface area contributed by atoms with Gasteiger partial charge in [0.25, 0.3) is 0 Å². The molecule has 0 spiro atoms. The molecule has 1 atom stereocenters. The number of phenols is 1. The second kappa shape index (κ2) is 4.94. The smallest absolute Gasteiger partial charge is 0.165 e. The lowest BCUT2D eigenvalue weighted by Crippen LogP contribution is -2.21. The minimum Gasteiger partial charge on any atom is -0.505 e. The van der Waals surface area contributed by atoms with E-state index in [1.165, 1.54) is 12.1 Å². The van der Waals surface area contributed by atoms with Crippen LogP contribution in [-0.2, 0) is 0 Å². The first-order valence-corrected chi connectivity index (χ1v) is 4.88. The summed E-state index contributed by atoms with van der Waals surface area (Å²) in [5, 5.41) is 12.1. The molecule has 0 aliphatic heterocycles. The molecule has 0 radical (unpaired) electrons. The molecule has 1 unspecified atom stereocenters. The van der Waals surface area contributed by atoms with E-state index in [1.54, 1.807) is 6.07 Å². The van der Waals surface area contributed by atoms with Crippen LogP contribution in [0.5, 0.6) is 5.75 Å². The molecule has 0 heterocycles. The number of nitrogens with one attached hydrogen (secondary N) is 1. The highest BCUT2D eigenvalue weighted by Crippen LogP contribution is 2.18. The van der Waals surface area contributed by atoms with Crippen LogP contribution < -0.4 is 5.32 Å². The summed E-state index contributed by atoms with van der Waals surface area (Å²) < 4.78 is 13.0. The predicted molar refractivity (Wildman–Crippen MR) is 60.2 cm³/mol. The molecule has 82 valence electrons. The summed E-state index contributed by atoms with van der Waals surface area (Å²) in [5.74, 6) is -0.903. The number of benzene rings is 1. The third-order valence-electron chi connectivity index (χ3n) is 2.48. The Balaban J connectivity index is 2.93. The molecule has 1 aromatic carbocycles. The fourth-order valence-corrected chi connectivity index (χ4v) is 1.23. The molecule has 1 rings (SSSR count). The van der Waals surface area contributed by atoms with E-state index in [-0.39, 0.29) is 11.8 Å². The molecule has 0 fully saturated rings. The third kappa shape index (κ3) is 3.06. The van der Waals surface area contributed by atoms with Gasteiger partial charge in [-0.25, -0.2) is 4.39 Å². The summed E-state index contributed by atoms with van der Waals surface area (Å²) in [6.07, 6.45) is 1.89. The Hall–Kier alpha value is -1.35. The quantitative estimate of drug-likeness (QED) is 0.801. The standard InChI is InChI=1S/C12H16FNO/c1-8(9(2)14-3)6-10-4-5-12(15)11(13)7-10/h4-7,9,14-15H,1-3H3/b8-6+. The molecule has 15 heavy (non-hydrogen) atoms. The van der Waals surface area contributed by atoms with Crippen molar-refractivity contribution in [3.8, 4) is 5.75 Å². The minimum absolute atomic E-state index is 0.252. The van der Waals surface area contributed by atoms with E-state index in [9.17, 15) is 4.39 Å². The zero-order valence-electron chi connectivity index (χ0n) is 9.21. The highest BCUT2D eigenvalue weighted by molar-refractivity contribution is 5.54. The van der Waals surface area contributed by atoms with Gasteiger partial charge in [-0.15, -0.1) is 0 Å². The van der Waals surface area contributed by atoms with Gasteiger partial charge in [0, 0.05) is 6.04 Å². The van der Waals surface area contributed by atoms with E-state index in [0.717, 1.165) is 11.1 Å². The van der Waals surface area contributed by atoms with E-state index < -0.39 is 5.82 Å². The Bertz CT molecular complexity index is 374. The number of hydrogen-bond donors (Lipinski definition) is 2. The molecule has 1 aromatic rings. The summed E-state index contributed by atoms with van der Waals surface area (Å²) in [6.45, 7) is 4.01. The maximum absolute atomic E-state index is 13.0. The fraction of sp³-hybridized carbons (Fsp3) is 0.333. The third-order valence-corrected chi connectivity index (χ3v) is 2.48. The van der Waals surface area contributed by atoms with Gasteiger partial charge in [-0.1, -0.05) is 17.7 Å². The average molecular weight is 209 g/mol. The Labute approximate surface area is 89.4 Å². The second-order valence-electron chi connectivity index (χ2n) is 3.61. The molecule has 0 saturated carbocycles. The van der Waals surface area contributed by atoms with Crippen LogP contribution in [0.15, 0.2) is 23.8 Å². The van der Waals surface area contributed by atoms with Crippen LogP contribution in [0.2, 0.25) is 0 Å². The molecule has 0 aliphatic rings. The Morgan fingerprint density at radius 3 is 2.73 bits per heavy atom.